The molecule has 1 heterocycles. The molecule has 0 unspecified atom stereocenters. The third-order valence-corrected chi connectivity index (χ3v) is 4.79. The Bertz CT molecular complexity index is 722. The van der Waals surface area contributed by atoms with Crippen LogP contribution in [0.2, 0.25) is 0 Å². The lowest BCUT2D eigenvalue weighted by Crippen LogP contribution is -2.53. The monoisotopic (exact) mass is 362 g/mol. The molecular weight excluding hydrogens is 334 g/mol. The van der Waals surface area contributed by atoms with Gasteiger partial charge in [0.2, 0.25) is 0 Å². The summed E-state index contributed by atoms with van der Waals surface area (Å²) in [6, 6.07) is 20.3. The molecule has 0 bridgehead atoms. The molecule has 0 spiro atoms. The summed E-state index contributed by atoms with van der Waals surface area (Å²) in [4.78, 5) is 16.7. The van der Waals surface area contributed by atoms with E-state index in [1.165, 1.54) is 11.1 Å². The van der Waals surface area contributed by atoms with Crippen LogP contribution in [0.4, 0.5) is 4.79 Å². The molecule has 27 heavy (non-hydrogen) atoms. The summed E-state index contributed by atoms with van der Waals surface area (Å²) in [5.41, 5.74) is 2.41. The Morgan fingerprint density at radius 3 is 2.30 bits per heavy atom. The first-order chi connectivity index (χ1) is 13.2. The number of benzene rings is 2. The number of rotatable bonds is 6. The van der Waals surface area contributed by atoms with E-state index in [9.17, 15) is 4.79 Å². The zero-order valence-electron chi connectivity index (χ0n) is 15.8. The summed E-state index contributed by atoms with van der Waals surface area (Å²) in [5.74, 6) is 0. The van der Waals surface area contributed by atoms with Crippen molar-refractivity contribution in [1.82, 2.24) is 15.1 Å². The van der Waals surface area contributed by atoms with E-state index in [1.807, 2.05) is 41.3 Å². The normalized spacial score (nSPS) is 16.4. The Kier molecular flexibility index (Phi) is 7.05. The van der Waals surface area contributed by atoms with Crippen molar-refractivity contribution >= 4 is 12.1 Å². The topological polar surface area (TPSA) is 35.6 Å². The van der Waals surface area contributed by atoms with Crippen molar-refractivity contribution in [3.8, 4) is 0 Å². The van der Waals surface area contributed by atoms with E-state index < -0.39 is 0 Å². The fraction of sp³-hybridized carbons (Fsp3) is 0.304. The molecule has 2 aromatic rings. The fourth-order valence-corrected chi connectivity index (χ4v) is 3.25. The van der Waals surface area contributed by atoms with Gasteiger partial charge in [-0.1, -0.05) is 72.8 Å². The van der Waals surface area contributed by atoms with Crippen molar-refractivity contribution in [2.75, 3.05) is 32.7 Å². The van der Waals surface area contributed by atoms with Crippen LogP contribution in [-0.4, -0.2) is 54.6 Å². The average Bonchev–Trinajstić information content (AvgIpc) is 2.70. The molecule has 0 aliphatic carbocycles. The molecule has 4 heteroatoms. The zero-order valence-corrected chi connectivity index (χ0v) is 15.8. The third-order valence-electron chi connectivity index (χ3n) is 4.79. The SMILES string of the molecule is [CH2][C@@H](Cc1ccccc1)NC(=O)N1CCN(CC=Cc2ccccc2)CC1. The van der Waals surface area contributed by atoms with Crippen LogP contribution in [-0.2, 0) is 6.42 Å². The minimum Gasteiger partial charge on any atom is -0.335 e. The molecule has 2 aromatic carbocycles. The van der Waals surface area contributed by atoms with Crippen molar-refractivity contribution < 1.29 is 4.79 Å². The van der Waals surface area contributed by atoms with Gasteiger partial charge in [0.25, 0.3) is 0 Å². The highest BCUT2D eigenvalue weighted by Crippen LogP contribution is 2.06. The molecule has 1 saturated heterocycles. The largest absolute Gasteiger partial charge is 0.335 e. The van der Waals surface area contributed by atoms with Crippen molar-refractivity contribution in [3.05, 3.63) is 84.8 Å². The fourth-order valence-electron chi connectivity index (χ4n) is 3.25. The average molecular weight is 362 g/mol. The van der Waals surface area contributed by atoms with Crippen LogP contribution in [0.3, 0.4) is 0 Å². The molecule has 0 aromatic heterocycles. The number of amides is 2. The van der Waals surface area contributed by atoms with Crippen LogP contribution < -0.4 is 5.32 Å². The lowest BCUT2D eigenvalue weighted by molar-refractivity contribution is 0.145. The van der Waals surface area contributed by atoms with Gasteiger partial charge in [-0.25, -0.2) is 4.79 Å². The Balaban J connectivity index is 1.38. The zero-order chi connectivity index (χ0) is 18.9. The van der Waals surface area contributed by atoms with Gasteiger partial charge in [0, 0.05) is 38.8 Å². The van der Waals surface area contributed by atoms with Crippen molar-refractivity contribution in [2.24, 2.45) is 0 Å². The van der Waals surface area contributed by atoms with Gasteiger partial charge in [-0.05, 0) is 24.5 Å². The van der Waals surface area contributed by atoms with Crippen LogP contribution in [0.1, 0.15) is 11.1 Å². The van der Waals surface area contributed by atoms with Gasteiger partial charge in [-0.15, -0.1) is 0 Å². The van der Waals surface area contributed by atoms with Crippen molar-refractivity contribution in [2.45, 2.75) is 12.5 Å². The Morgan fingerprint density at radius 1 is 1.00 bits per heavy atom. The number of urea groups is 1. The number of nitrogens with zero attached hydrogens (tertiary/aromatic N) is 2. The molecule has 141 valence electrons. The molecule has 1 aliphatic rings. The Morgan fingerprint density at radius 2 is 1.63 bits per heavy atom. The molecule has 0 saturated carbocycles. The molecular formula is C23H28N3O. The number of hydrogen-bond acceptors (Lipinski definition) is 2. The highest BCUT2D eigenvalue weighted by Gasteiger charge is 2.21. The first-order valence-electron chi connectivity index (χ1n) is 9.57. The molecule has 1 fully saturated rings. The quantitative estimate of drug-likeness (QED) is 0.854. The van der Waals surface area contributed by atoms with Gasteiger partial charge in [0.05, 0.1) is 0 Å². The first kappa shape index (κ1) is 19.2. The van der Waals surface area contributed by atoms with Gasteiger partial charge in [-0.2, -0.15) is 0 Å². The predicted molar refractivity (Wildman–Crippen MR) is 111 cm³/mol. The summed E-state index contributed by atoms with van der Waals surface area (Å²) >= 11 is 0. The second kappa shape index (κ2) is 9.93. The second-order valence-electron chi connectivity index (χ2n) is 6.94. The number of piperazine rings is 1. The van der Waals surface area contributed by atoms with E-state index in [4.69, 9.17) is 0 Å². The standard InChI is InChI=1S/C23H28N3O/c1-20(19-22-11-6-3-7-12-22)24-23(27)26-17-15-25(16-18-26)14-8-13-21-9-4-2-5-10-21/h2-13,20H,1,14-19H2,(H,24,27)/t20-/m0/s1. The molecule has 1 N–H and O–H groups in total. The Hall–Kier alpha value is -2.59. The van der Waals surface area contributed by atoms with Crippen LogP contribution in [0.5, 0.6) is 0 Å². The summed E-state index contributed by atoms with van der Waals surface area (Å²) in [5, 5.41) is 3.02. The van der Waals surface area contributed by atoms with Gasteiger partial charge < -0.3 is 10.2 Å². The number of carbonyl (C=O) groups excluding carboxylic acids is 1. The van der Waals surface area contributed by atoms with Crippen LogP contribution >= 0.6 is 0 Å². The van der Waals surface area contributed by atoms with E-state index in [2.05, 4.69) is 53.6 Å². The van der Waals surface area contributed by atoms with E-state index in [-0.39, 0.29) is 12.1 Å². The lowest BCUT2D eigenvalue weighted by Gasteiger charge is -2.34. The number of nitrogens with one attached hydrogen (secondary N) is 1. The van der Waals surface area contributed by atoms with E-state index in [1.54, 1.807) is 0 Å². The molecule has 3 rings (SSSR count). The highest BCUT2D eigenvalue weighted by molar-refractivity contribution is 5.74. The second-order valence-corrected chi connectivity index (χ2v) is 6.94. The summed E-state index contributed by atoms with van der Waals surface area (Å²) in [7, 11) is 0. The molecule has 2 amide bonds. The van der Waals surface area contributed by atoms with Crippen LogP contribution in [0, 0.1) is 6.92 Å². The molecule has 1 aliphatic heterocycles. The van der Waals surface area contributed by atoms with E-state index in [0.29, 0.717) is 0 Å². The smallest absolute Gasteiger partial charge is 0.317 e. The van der Waals surface area contributed by atoms with Gasteiger partial charge in [-0.3, -0.25) is 4.90 Å². The van der Waals surface area contributed by atoms with Gasteiger partial charge in [0.15, 0.2) is 0 Å². The minimum atomic E-state index is -0.119. The lowest BCUT2D eigenvalue weighted by atomic mass is 10.1. The maximum atomic E-state index is 12.4. The summed E-state index contributed by atoms with van der Waals surface area (Å²) in [6.45, 7) is 8.29. The third kappa shape index (κ3) is 6.26. The Labute approximate surface area is 162 Å². The van der Waals surface area contributed by atoms with Crippen LogP contribution in [0.15, 0.2) is 66.7 Å². The minimum absolute atomic E-state index is 0.00888. The highest BCUT2D eigenvalue weighted by atomic mass is 16.2. The van der Waals surface area contributed by atoms with Crippen molar-refractivity contribution in [3.63, 3.8) is 0 Å². The summed E-state index contributed by atoms with van der Waals surface area (Å²) < 4.78 is 0. The van der Waals surface area contributed by atoms with Crippen molar-refractivity contribution in [1.29, 1.82) is 0 Å². The predicted octanol–water partition coefficient (Wildman–Crippen LogP) is 3.47. The maximum Gasteiger partial charge on any atom is 0.317 e. The van der Waals surface area contributed by atoms with E-state index in [0.717, 1.165) is 39.1 Å². The van der Waals surface area contributed by atoms with Gasteiger partial charge >= 0.3 is 6.03 Å². The van der Waals surface area contributed by atoms with Crippen LogP contribution in [0.25, 0.3) is 6.08 Å². The van der Waals surface area contributed by atoms with Gasteiger partial charge in [0.1, 0.15) is 0 Å². The number of carbonyl (C=O) groups is 1. The maximum absolute atomic E-state index is 12.4. The molecule has 1 atom stereocenters. The number of hydrogen-bond donors (Lipinski definition) is 1. The summed E-state index contributed by atoms with van der Waals surface area (Å²) in [6.07, 6.45) is 5.09. The van der Waals surface area contributed by atoms with E-state index >= 15 is 0 Å². The molecule has 4 nitrogen and oxygen atoms in total. The molecule has 1 radical (unpaired) electrons. The first-order valence-corrected chi connectivity index (χ1v) is 9.57.